The predicted octanol–water partition coefficient (Wildman–Crippen LogP) is 2.28. The van der Waals surface area contributed by atoms with E-state index in [0.717, 1.165) is 25.7 Å². The summed E-state index contributed by atoms with van der Waals surface area (Å²) < 4.78 is 0. The van der Waals surface area contributed by atoms with Crippen LogP contribution in [0.15, 0.2) is 24.3 Å². The SMILES string of the molecule is CCC(O)(CC)C1(CN)Cc2ccccc2C1. The van der Waals surface area contributed by atoms with Gasteiger partial charge in [-0.3, -0.25) is 0 Å². The van der Waals surface area contributed by atoms with Crippen molar-refractivity contribution < 1.29 is 5.11 Å². The van der Waals surface area contributed by atoms with Crippen molar-refractivity contribution in [3.8, 4) is 0 Å². The molecule has 0 heterocycles. The fourth-order valence-electron chi connectivity index (χ4n) is 3.36. The Morgan fingerprint density at radius 3 is 2.00 bits per heavy atom. The Bertz CT molecular complexity index is 371. The molecule has 17 heavy (non-hydrogen) atoms. The van der Waals surface area contributed by atoms with E-state index in [-0.39, 0.29) is 5.41 Å². The van der Waals surface area contributed by atoms with E-state index in [4.69, 9.17) is 5.73 Å². The Hall–Kier alpha value is -0.860. The molecule has 0 aliphatic heterocycles. The largest absolute Gasteiger partial charge is 0.389 e. The highest BCUT2D eigenvalue weighted by Crippen LogP contribution is 2.47. The molecule has 1 aliphatic carbocycles. The highest BCUT2D eigenvalue weighted by Gasteiger charge is 2.50. The molecule has 0 unspecified atom stereocenters. The van der Waals surface area contributed by atoms with Crippen molar-refractivity contribution in [2.45, 2.75) is 45.1 Å². The van der Waals surface area contributed by atoms with Crippen LogP contribution >= 0.6 is 0 Å². The maximum atomic E-state index is 10.9. The van der Waals surface area contributed by atoms with E-state index in [9.17, 15) is 5.11 Å². The molecule has 0 saturated heterocycles. The van der Waals surface area contributed by atoms with Crippen LogP contribution in [-0.4, -0.2) is 17.3 Å². The van der Waals surface area contributed by atoms with Crippen LogP contribution in [0.1, 0.15) is 37.8 Å². The van der Waals surface area contributed by atoms with Gasteiger partial charge in [0.2, 0.25) is 0 Å². The molecule has 0 spiro atoms. The average molecular weight is 233 g/mol. The molecular weight excluding hydrogens is 210 g/mol. The predicted molar refractivity (Wildman–Crippen MR) is 70.9 cm³/mol. The third-order valence-corrected chi connectivity index (χ3v) is 4.72. The second-order valence-corrected chi connectivity index (χ2v) is 5.35. The van der Waals surface area contributed by atoms with Gasteiger partial charge in [-0.2, -0.15) is 0 Å². The second-order valence-electron chi connectivity index (χ2n) is 5.35. The summed E-state index contributed by atoms with van der Waals surface area (Å²) in [6.07, 6.45) is 3.37. The normalized spacial score (nSPS) is 18.1. The summed E-state index contributed by atoms with van der Waals surface area (Å²) in [5.41, 5.74) is 7.94. The van der Waals surface area contributed by atoms with Crippen LogP contribution in [0, 0.1) is 5.41 Å². The van der Waals surface area contributed by atoms with Crippen molar-refractivity contribution in [1.82, 2.24) is 0 Å². The van der Waals surface area contributed by atoms with E-state index in [1.807, 2.05) is 0 Å². The van der Waals surface area contributed by atoms with E-state index in [1.54, 1.807) is 0 Å². The van der Waals surface area contributed by atoms with Crippen LogP contribution in [-0.2, 0) is 12.8 Å². The zero-order valence-electron chi connectivity index (χ0n) is 10.9. The summed E-state index contributed by atoms with van der Waals surface area (Å²) in [7, 11) is 0. The first-order chi connectivity index (χ1) is 8.11. The molecule has 0 saturated carbocycles. The molecule has 0 aromatic heterocycles. The molecule has 0 bridgehead atoms. The molecule has 0 atom stereocenters. The minimum Gasteiger partial charge on any atom is -0.389 e. The summed E-state index contributed by atoms with van der Waals surface area (Å²) in [5, 5.41) is 10.9. The lowest BCUT2D eigenvalue weighted by molar-refractivity contribution is -0.0823. The summed E-state index contributed by atoms with van der Waals surface area (Å²) in [6, 6.07) is 8.47. The third kappa shape index (κ3) is 1.80. The van der Waals surface area contributed by atoms with Crippen LogP contribution in [0.2, 0.25) is 0 Å². The Kier molecular flexibility index (Phi) is 3.28. The lowest BCUT2D eigenvalue weighted by Crippen LogP contribution is -2.52. The Labute approximate surface area is 104 Å². The monoisotopic (exact) mass is 233 g/mol. The Morgan fingerprint density at radius 1 is 1.18 bits per heavy atom. The molecule has 0 amide bonds. The van der Waals surface area contributed by atoms with Gasteiger partial charge in [-0.1, -0.05) is 38.1 Å². The van der Waals surface area contributed by atoms with Crippen molar-refractivity contribution in [3.63, 3.8) is 0 Å². The van der Waals surface area contributed by atoms with Crippen molar-refractivity contribution >= 4 is 0 Å². The van der Waals surface area contributed by atoms with Gasteiger partial charge in [-0.25, -0.2) is 0 Å². The van der Waals surface area contributed by atoms with E-state index >= 15 is 0 Å². The highest BCUT2D eigenvalue weighted by atomic mass is 16.3. The van der Waals surface area contributed by atoms with Gasteiger partial charge in [0.05, 0.1) is 5.60 Å². The average Bonchev–Trinajstić information content (AvgIpc) is 2.78. The maximum absolute atomic E-state index is 10.9. The van der Waals surface area contributed by atoms with E-state index in [1.165, 1.54) is 11.1 Å². The zero-order chi connectivity index (χ0) is 12.5. The van der Waals surface area contributed by atoms with Gasteiger partial charge in [0.25, 0.3) is 0 Å². The summed E-state index contributed by atoms with van der Waals surface area (Å²) in [5.74, 6) is 0. The topological polar surface area (TPSA) is 46.2 Å². The van der Waals surface area contributed by atoms with Crippen molar-refractivity contribution in [1.29, 1.82) is 0 Å². The number of fused-ring (bicyclic) bond motifs is 1. The third-order valence-electron chi connectivity index (χ3n) is 4.72. The zero-order valence-corrected chi connectivity index (χ0v) is 10.9. The Morgan fingerprint density at radius 2 is 1.65 bits per heavy atom. The molecule has 2 heteroatoms. The minimum atomic E-state index is -0.638. The maximum Gasteiger partial charge on any atom is 0.0716 e. The number of nitrogens with two attached hydrogens (primary N) is 1. The molecule has 0 radical (unpaired) electrons. The minimum absolute atomic E-state index is 0.166. The van der Waals surface area contributed by atoms with E-state index in [2.05, 4.69) is 38.1 Å². The summed E-state index contributed by atoms with van der Waals surface area (Å²) >= 11 is 0. The van der Waals surface area contributed by atoms with Gasteiger partial charge in [0.15, 0.2) is 0 Å². The number of benzene rings is 1. The second kappa shape index (κ2) is 4.43. The Balaban J connectivity index is 2.38. The first kappa shape index (κ1) is 12.6. The first-order valence-corrected chi connectivity index (χ1v) is 6.60. The van der Waals surface area contributed by atoms with Gasteiger partial charge in [-0.05, 0) is 36.8 Å². The molecule has 1 aromatic rings. The molecule has 2 nitrogen and oxygen atoms in total. The molecule has 0 fully saturated rings. The van der Waals surface area contributed by atoms with Crippen LogP contribution in [0.25, 0.3) is 0 Å². The standard InChI is InChI=1S/C15H23NO/c1-3-15(17,4-2)14(11-16)9-12-7-5-6-8-13(12)10-14/h5-8,17H,3-4,9-11,16H2,1-2H3. The highest BCUT2D eigenvalue weighted by molar-refractivity contribution is 5.36. The van der Waals surface area contributed by atoms with Crippen molar-refractivity contribution in [2.75, 3.05) is 6.54 Å². The van der Waals surface area contributed by atoms with Crippen LogP contribution < -0.4 is 5.73 Å². The van der Waals surface area contributed by atoms with Gasteiger partial charge in [0.1, 0.15) is 0 Å². The van der Waals surface area contributed by atoms with Gasteiger partial charge in [-0.15, -0.1) is 0 Å². The van der Waals surface area contributed by atoms with Gasteiger partial charge >= 0.3 is 0 Å². The lowest BCUT2D eigenvalue weighted by atomic mass is 9.67. The smallest absolute Gasteiger partial charge is 0.0716 e. The summed E-state index contributed by atoms with van der Waals surface area (Å²) in [4.78, 5) is 0. The molecule has 1 aliphatic rings. The van der Waals surface area contributed by atoms with Crippen molar-refractivity contribution in [2.24, 2.45) is 11.1 Å². The first-order valence-electron chi connectivity index (χ1n) is 6.60. The quantitative estimate of drug-likeness (QED) is 0.838. The number of hydrogen-bond acceptors (Lipinski definition) is 2. The number of aliphatic hydroxyl groups is 1. The number of hydrogen-bond donors (Lipinski definition) is 2. The number of rotatable bonds is 4. The van der Waals surface area contributed by atoms with Crippen molar-refractivity contribution in [3.05, 3.63) is 35.4 Å². The van der Waals surface area contributed by atoms with Crippen LogP contribution in [0.5, 0.6) is 0 Å². The van der Waals surface area contributed by atoms with E-state index in [0.29, 0.717) is 6.54 Å². The fourth-order valence-corrected chi connectivity index (χ4v) is 3.36. The molecule has 3 N–H and O–H groups in total. The fraction of sp³-hybridized carbons (Fsp3) is 0.600. The summed E-state index contributed by atoms with van der Waals surface area (Å²) in [6.45, 7) is 4.67. The van der Waals surface area contributed by atoms with Gasteiger partial charge < -0.3 is 10.8 Å². The molecule has 2 rings (SSSR count). The molecule has 1 aromatic carbocycles. The lowest BCUT2D eigenvalue weighted by Gasteiger charge is -2.44. The van der Waals surface area contributed by atoms with Crippen LogP contribution in [0.4, 0.5) is 0 Å². The molecule has 94 valence electrons. The van der Waals surface area contributed by atoms with Crippen LogP contribution in [0.3, 0.4) is 0 Å². The van der Waals surface area contributed by atoms with E-state index < -0.39 is 5.60 Å². The van der Waals surface area contributed by atoms with Gasteiger partial charge in [0, 0.05) is 12.0 Å². The molecular formula is C15H23NO.